The van der Waals surface area contributed by atoms with Crippen molar-refractivity contribution in [3.05, 3.63) is 54.1 Å². The van der Waals surface area contributed by atoms with E-state index in [0.29, 0.717) is 4.90 Å². The van der Waals surface area contributed by atoms with Crippen LogP contribution in [0.5, 0.6) is 5.75 Å². The number of fused-ring (bicyclic) bond motifs is 1. The van der Waals surface area contributed by atoms with Gasteiger partial charge in [-0.25, -0.2) is 0 Å². The summed E-state index contributed by atoms with van der Waals surface area (Å²) in [7, 11) is 0. The monoisotopic (exact) mass is 389 g/mol. The Hall–Kier alpha value is -3.54. The van der Waals surface area contributed by atoms with Crippen molar-refractivity contribution in [2.24, 2.45) is 0 Å². The Bertz CT molecular complexity index is 953. The maximum Gasteiger partial charge on any atom is 0.409 e. The van der Waals surface area contributed by atoms with E-state index in [1.165, 1.54) is 36.4 Å². The number of halogens is 3. The van der Waals surface area contributed by atoms with Crippen molar-refractivity contribution >= 4 is 23.2 Å². The van der Waals surface area contributed by atoms with Crippen LogP contribution < -0.4 is 15.0 Å². The van der Waals surface area contributed by atoms with E-state index in [-0.39, 0.29) is 22.7 Å². The number of nitrogens with one attached hydrogen (secondary N) is 1. The van der Waals surface area contributed by atoms with E-state index in [9.17, 15) is 22.8 Å². The van der Waals surface area contributed by atoms with Gasteiger partial charge in [0.05, 0.1) is 23.4 Å². The Morgan fingerprint density at radius 2 is 1.89 bits per heavy atom. The number of alkyl halides is 3. The van der Waals surface area contributed by atoms with Gasteiger partial charge in [0.25, 0.3) is 5.91 Å². The van der Waals surface area contributed by atoms with Crippen molar-refractivity contribution in [3.63, 3.8) is 0 Å². The summed E-state index contributed by atoms with van der Waals surface area (Å²) in [6.07, 6.45) is -5.76. The average molecular weight is 389 g/mol. The molecule has 3 rings (SSSR count). The van der Waals surface area contributed by atoms with Crippen LogP contribution in [0.1, 0.15) is 12.0 Å². The summed E-state index contributed by atoms with van der Waals surface area (Å²) < 4.78 is 46.2. The maximum absolute atomic E-state index is 13.6. The van der Waals surface area contributed by atoms with Crippen LogP contribution in [0.3, 0.4) is 0 Å². The quantitative estimate of drug-likeness (QED) is 0.874. The molecule has 6 nitrogen and oxygen atoms in total. The number of amides is 2. The molecule has 1 atom stereocenters. The molecule has 1 aliphatic rings. The minimum atomic E-state index is -4.82. The Balaban J connectivity index is 1.94. The minimum Gasteiger partial charge on any atom is -0.482 e. The molecule has 9 heteroatoms. The lowest BCUT2D eigenvalue weighted by atomic mass is 10.1. The molecule has 0 aromatic heterocycles. The zero-order valence-electron chi connectivity index (χ0n) is 14.4. The number of carbonyl (C=O) groups is 2. The van der Waals surface area contributed by atoms with E-state index in [1.807, 2.05) is 6.07 Å². The molecule has 1 heterocycles. The van der Waals surface area contributed by atoms with Crippen LogP contribution in [0.4, 0.5) is 24.5 Å². The number of ether oxygens (including phenoxy) is 1. The molecule has 1 aliphatic heterocycles. The fourth-order valence-electron chi connectivity index (χ4n) is 2.89. The summed E-state index contributed by atoms with van der Waals surface area (Å²) in [5, 5.41) is 11.4. The number of benzene rings is 2. The molecule has 0 radical (unpaired) electrons. The lowest BCUT2D eigenvalue weighted by Gasteiger charge is -2.31. The minimum absolute atomic E-state index is 0.0714. The number of nitriles is 1. The fourth-order valence-corrected chi connectivity index (χ4v) is 2.89. The van der Waals surface area contributed by atoms with Crippen LogP contribution in [0.25, 0.3) is 0 Å². The fraction of sp³-hybridized carbons (Fsp3) is 0.211. The van der Waals surface area contributed by atoms with Crippen molar-refractivity contribution in [3.8, 4) is 11.8 Å². The van der Waals surface area contributed by atoms with Crippen LogP contribution in [0, 0.1) is 11.3 Å². The molecule has 2 amide bonds. The summed E-state index contributed by atoms with van der Waals surface area (Å²) in [4.78, 5) is 25.2. The zero-order chi connectivity index (χ0) is 20.3. The second kappa shape index (κ2) is 7.60. The van der Waals surface area contributed by atoms with Gasteiger partial charge in [0.2, 0.25) is 5.91 Å². The van der Waals surface area contributed by atoms with Crippen molar-refractivity contribution in [2.75, 3.05) is 16.8 Å². The van der Waals surface area contributed by atoms with E-state index in [2.05, 4.69) is 5.32 Å². The van der Waals surface area contributed by atoms with E-state index in [1.54, 1.807) is 12.1 Å². The highest BCUT2D eigenvalue weighted by Gasteiger charge is 2.49. The first-order valence-corrected chi connectivity index (χ1v) is 8.21. The van der Waals surface area contributed by atoms with Gasteiger partial charge in [-0.2, -0.15) is 18.4 Å². The molecule has 2 aromatic rings. The summed E-state index contributed by atoms with van der Waals surface area (Å²) >= 11 is 0. The summed E-state index contributed by atoms with van der Waals surface area (Å²) in [5.41, 5.74) is 0.179. The molecule has 0 saturated carbocycles. The zero-order valence-corrected chi connectivity index (χ0v) is 14.4. The summed E-state index contributed by atoms with van der Waals surface area (Å²) in [6, 6.07) is 11.3. The highest BCUT2D eigenvalue weighted by Crippen LogP contribution is 2.37. The molecular weight excluding hydrogens is 375 g/mol. The molecule has 28 heavy (non-hydrogen) atoms. The Morgan fingerprint density at radius 3 is 2.61 bits per heavy atom. The third-order valence-electron chi connectivity index (χ3n) is 4.13. The Labute approximate surface area is 158 Å². The van der Waals surface area contributed by atoms with Crippen molar-refractivity contribution in [1.29, 1.82) is 5.26 Å². The number of para-hydroxylation sites is 3. The van der Waals surface area contributed by atoms with Crippen molar-refractivity contribution < 1.29 is 27.5 Å². The number of hydrogen-bond acceptors (Lipinski definition) is 4. The second-order valence-electron chi connectivity index (χ2n) is 5.99. The Kier molecular flexibility index (Phi) is 5.22. The molecule has 0 aliphatic carbocycles. The molecule has 0 fully saturated rings. The van der Waals surface area contributed by atoms with Gasteiger partial charge in [-0.3, -0.25) is 14.5 Å². The van der Waals surface area contributed by atoms with Crippen molar-refractivity contribution in [1.82, 2.24) is 0 Å². The summed E-state index contributed by atoms with van der Waals surface area (Å²) in [5.74, 6) is -1.75. The van der Waals surface area contributed by atoms with Gasteiger partial charge in [0, 0.05) is 0 Å². The molecule has 0 bridgehead atoms. The van der Waals surface area contributed by atoms with Gasteiger partial charge >= 0.3 is 6.18 Å². The average Bonchev–Trinajstić information content (AvgIpc) is 2.82. The third kappa shape index (κ3) is 3.91. The van der Waals surface area contributed by atoms with Crippen LogP contribution in [0.2, 0.25) is 0 Å². The number of nitrogens with zero attached hydrogens (tertiary/aromatic N) is 2. The largest absolute Gasteiger partial charge is 0.482 e. The predicted molar refractivity (Wildman–Crippen MR) is 93.7 cm³/mol. The number of carbonyl (C=O) groups excluding carboxylic acids is 2. The van der Waals surface area contributed by atoms with Gasteiger partial charge < -0.3 is 10.1 Å². The first-order valence-electron chi connectivity index (χ1n) is 8.21. The second-order valence-corrected chi connectivity index (χ2v) is 5.99. The normalized spacial score (nSPS) is 16.4. The smallest absolute Gasteiger partial charge is 0.409 e. The van der Waals surface area contributed by atoms with Gasteiger partial charge in [0.15, 0.2) is 6.61 Å². The van der Waals surface area contributed by atoms with E-state index < -0.39 is 37.1 Å². The molecule has 1 N–H and O–H groups in total. The van der Waals surface area contributed by atoms with E-state index in [0.717, 1.165) is 0 Å². The van der Waals surface area contributed by atoms with Crippen molar-refractivity contribution in [2.45, 2.75) is 18.6 Å². The van der Waals surface area contributed by atoms with Gasteiger partial charge in [-0.05, 0) is 24.3 Å². The van der Waals surface area contributed by atoms with Crippen LogP contribution in [-0.4, -0.2) is 30.6 Å². The Morgan fingerprint density at radius 1 is 1.21 bits per heavy atom. The van der Waals surface area contributed by atoms with Crippen LogP contribution in [0.15, 0.2) is 48.5 Å². The molecule has 0 spiro atoms. The summed E-state index contributed by atoms with van der Waals surface area (Å²) in [6.45, 7) is -0.728. The van der Waals surface area contributed by atoms with Gasteiger partial charge in [-0.15, -0.1) is 0 Å². The lowest BCUT2D eigenvalue weighted by molar-refractivity contribution is -0.158. The molecule has 0 saturated heterocycles. The first kappa shape index (κ1) is 19.2. The third-order valence-corrected chi connectivity index (χ3v) is 4.13. The number of rotatable bonds is 3. The number of hydrogen-bond donors (Lipinski definition) is 1. The number of anilines is 2. The van der Waals surface area contributed by atoms with Crippen LogP contribution in [-0.2, 0) is 9.59 Å². The maximum atomic E-state index is 13.6. The van der Waals surface area contributed by atoms with Gasteiger partial charge in [-0.1, -0.05) is 24.3 Å². The predicted octanol–water partition coefficient (Wildman–Crippen LogP) is 3.24. The van der Waals surface area contributed by atoms with Gasteiger partial charge in [0.1, 0.15) is 17.9 Å². The topological polar surface area (TPSA) is 82.4 Å². The van der Waals surface area contributed by atoms with E-state index >= 15 is 0 Å². The van der Waals surface area contributed by atoms with Crippen LogP contribution >= 0.6 is 0 Å². The van der Waals surface area contributed by atoms with E-state index in [4.69, 9.17) is 10.00 Å². The highest BCUT2D eigenvalue weighted by atomic mass is 19.4. The molecule has 2 aromatic carbocycles. The molecular formula is C19H14F3N3O3. The lowest BCUT2D eigenvalue weighted by Crippen LogP contribution is -2.51. The molecule has 0 unspecified atom stereocenters. The first-order chi connectivity index (χ1) is 13.3. The molecule has 144 valence electrons. The standard InChI is InChI=1S/C19H14F3N3O3/c20-19(21,22)16-9-17(26)24-13-6-2-3-7-14(13)25(16)18(27)11-28-15-8-4-1-5-12(15)10-23/h1-8,16H,9,11H2,(H,24,26)/t16-/m0/s1. The highest BCUT2D eigenvalue weighted by molar-refractivity contribution is 6.05. The SMILES string of the molecule is N#Cc1ccccc1OCC(=O)N1c2ccccc2NC(=O)C[C@H]1C(F)(F)F.